The van der Waals surface area contributed by atoms with Gasteiger partial charge >= 0.3 is 6.18 Å². The van der Waals surface area contributed by atoms with Crippen LogP contribution in [0.4, 0.5) is 13.2 Å². The second-order valence-corrected chi connectivity index (χ2v) is 7.96. The normalized spacial score (nSPS) is 12.0. The predicted molar refractivity (Wildman–Crippen MR) is 109 cm³/mol. The first-order valence-corrected chi connectivity index (χ1v) is 9.98. The number of halogens is 3. The molecule has 8 heteroatoms. The Morgan fingerprint density at radius 1 is 1.17 bits per heavy atom. The molecular formula is C21H18F3N3OS. The molecule has 150 valence electrons. The van der Waals surface area contributed by atoms with Gasteiger partial charge in [-0.1, -0.05) is 6.92 Å². The Kier molecular flexibility index (Phi) is 4.82. The van der Waals surface area contributed by atoms with E-state index in [1.54, 1.807) is 6.07 Å². The molecule has 1 amide bonds. The molecule has 0 aliphatic carbocycles. The van der Waals surface area contributed by atoms with E-state index in [2.05, 4.69) is 10.3 Å². The average Bonchev–Trinajstić information content (AvgIpc) is 3.19. The van der Waals surface area contributed by atoms with Crippen LogP contribution >= 0.6 is 11.3 Å². The second kappa shape index (κ2) is 7.18. The lowest BCUT2D eigenvalue weighted by molar-refractivity contribution is -0.137. The number of hydrogen-bond acceptors (Lipinski definition) is 3. The van der Waals surface area contributed by atoms with E-state index in [1.165, 1.54) is 23.5 Å². The molecule has 0 fully saturated rings. The van der Waals surface area contributed by atoms with E-state index >= 15 is 0 Å². The summed E-state index contributed by atoms with van der Waals surface area (Å²) in [5.74, 6) is -0.148. The minimum Gasteiger partial charge on any atom is -0.352 e. The Balaban J connectivity index is 1.88. The highest BCUT2D eigenvalue weighted by molar-refractivity contribution is 7.19. The van der Waals surface area contributed by atoms with Crippen molar-refractivity contribution in [2.45, 2.75) is 26.4 Å². The summed E-state index contributed by atoms with van der Waals surface area (Å²) in [7, 11) is 0. The smallest absolute Gasteiger partial charge is 0.352 e. The molecule has 4 nitrogen and oxygen atoms in total. The van der Waals surface area contributed by atoms with Crippen LogP contribution in [0.15, 0.2) is 42.5 Å². The number of alkyl halides is 3. The molecule has 4 aromatic rings. The van der Waals surface area contributed by atoms with E-state index in [-0.39, 0.29) is 5.91 Å². The van der Waals surface area contributed by atoms with Crippen molar-refractivity contribution in [3.8, 4) is 5.69 Å². The quantitative estimate of drug-likeness (QED) is 0.463. The van der Waals surface area contributed by atoms with Crippen LogP contribution in [0.5, 0.6) is 0 Å². The lowest BCUT2D eigenvalue weighted by Crippen LogP contribution is -2.23. The molecule has 0 aliphatic heterocycles. The van der Waals surface area contributed by atoms with Gasteiger partial charge in [0.1, 0.15) is 0 Å². The van der Waals surface area contributed by atoms with Gasteiger partial charge in [0, 0.05) is 23.2 Å². The van der Waals surface area contributed by atoms with Gasteiger partial charge in [-0.15, -0.1) is 11.3 Å². The van der Waals surface area contributed by atoms with Gasteiger partial charge in [0.15, 0.2) is 5.65 Å². The van der Waals surface area contributed by atoms with Gasteiger partial charge in [0.25, 0.3) is 5.91 Å². The zero-order chi connectivity index (χ0) is 20.8. The van der Waals surface area contributed by atoms with Crippen molar-refractivity contribution in [3.63, 3.8) is 0 Å². The highest BCUT2D eigenvalue weighted by Crippen LogP contribution is 2.37. The van der Waals surface area contributed by atoms with Crippen molar-refractivity contribution in [2.24, 2.45) is 0 Å². The van der Waals surface area contributed by atoms with Crippen LogP contribution in [0.25, 0.3) is 26.9 Å². The molecular weight excluding hydrogens is 399 g/mol. The van der Waals surface area contributed by atoms with Crippen LogP contribution < -0.4 is 5.32 Å². The molecule has 0 aliphatic rings. The van der Waals surface area contributed by atoms with Crippen LogP contribution in [-0.2, 0) is 6.18 Å². The number of hydrogen-bond donors (Lipinski definition) is 1. The maximum atomic E-state index is 12.9. The first-order valence-electron chi connectivity index (χ1n) is 9.17. The number of amides is 1. The molecule has 4 rings (SSSR count). The summed E-state index contributed by atoms with van der Waals surface area (Å²) in [6.45, 7) is 4.46. The van der Waals surface area contributed by atoms with Crippen molar-refractivity contribution in [3.05, 3.63) is 58.6 Å². The first kappa shape index (κ1) is 19.4. The number of aryl methyl sites for hydroxylation is 1. The molecule has 2 aromatic carbocycles. The summed E-state index contributed by atoms with van der Waals surface area (Å²) < 4.78 is 41.5. The third-order valence-electron chi connectivity index (χ3n) is 4.66. The van der Waals surface area contributed by atoms with Crippen LogP contribution in [-0.4, -0.2) is 22.0 Å². The van der Waals surface area contributed by atoms with E-state index < -0.39 is 11.7 Å². The summed E-state index contributed by atoms with van der Waals surface area (Å²) in [6.07, 6.45) is -3.54. The van der Waals surface area contributed by atoms with E-state index in [0.717, 1.165) is 39.2 Å². The maximum absolute atomic E-state index is 12.9. The Labute approximate surface area is 169 Å². The summed E-state index contributed by atoms with van der Waals surface area (Å²) in [6, 6.07) is 10.4. The molecule has 2 heterocycles. The average molecular weight is 417 g/mol. The van der Waals surface area contributed by atoms with E-state index in [9.17, 15) is 18.0 Å². The topological polar surface area (TPSA) is 46.9 Å². The molecule has 0 unspecified atom stereocenters. The SMILES string of the molecule is CCCNC(=O)c1ccc2c(c1)c1sc(C)nc1n2-c1ccc(C(F)(F)F)cc1. The van der Waals surface area contributed by atoms with Gasteiger partial charge in [-0.2, -0.15) is 13.2 Å². The highest BCUT2D eigenvalue weighted by atomic mass is 32.1. The van der Waals surface area contributed by atoms with Gasteiger partial charge in [0.2, 0.25) is 0 Å². The largest absolute Gasteiger partial charge is 0.416 e. The van der Waals surface area contributed by atoms with Crippen molar-refractivity contribution < 1.29 is 18.0 Å². The Hall–Kier alpha value is -2.87. The lowest BCUT2D eigenvalue weighted by atomic mass is 10.1. The number of benzene rings is 2. The van der Waals surface area contributed by atoms with E-state index in [0.29, 0.717) is 23.4 Å². The second-order valence-electron chi connectivity index (χ2n) is 6.75. The zero-order valence-corrected chi connectivity index (χ0v) is 16.6. The summed E-state index contributed by atoms with van der Waals surface area (Å²) in [4.78, 5) is 16.9. The molecule has 1 N–H and O–H groups in total. The van der Waals surface area contributed by atoms with E-state index in [1.807, 2.05) is 30.5 Å². The van der Waals surface area contributed by atoms with Crippen LogP contribution in [0.3, 0.4) is 0 Å². The summed E-state index contributed by atoms with van der Waals surface area (Å²) >= 11 is 1.50. The minimum atomic E-state index is -4.38. The molecule has 2 aromatic heterocycles. The lowest BCUT2D eigenvalue weighted by Gasteiger charge is -2.10. The fourth-order valence-electron chi connectivity index (χ4n) is 3.31. The molecule has 0 saturated heterocycles. The maximum Gasteiger partial charge on any atom is 0.416 e. The van der Waals surface area contributed by atoms with Crippen molar-refractivity contribution in [1.29, 1.82) is 0 Å². The van der Waals surface area contributed by atoms with Gasteiger partial charge < -0.3 is 5.32 Å². The Morgan fingerprint density at radius 3 is 2.55 bits per heavy atom. The molecule has 0 bridgehead atoms. The number of nitrogens with one attached hydrogen (secondary N) is 1. The predicted octanol–water partition coefficient (Wildman–Crippen LogP) is 5.71. The third kappa shape index (κ3) is 3.48. The van der Waals surface area contributed by atoms with E-state index in [4.69, 9.17) is 0 Å². The molecule has 0 radical (unpaired) electrons. The zero-order valence-electron chi connectivity index (χ0n) is 15.8. The number of rotatable bonds is 4. The van der Waals surface area contributed by atoms with Gasteiger partial charge in [-0.05, 0) is 55.8 Å². The fourth-order valence-corrected chi connectivity index (χ4v) is 4.24. The Bertz CT molecular complexity index is 1210. The Morgan fingerprint density at radius 2 is 1.90 bits per heavy atom. The standard InChI is InChI=1S/C21H18F3N3OS/c1-3-10-25-20(28)13-4-9-17-16(11-13)18-19(26-12(2)29-18)27(17)15-7-5-14(6-8-15)21(22,23)24/h4-9,11H,3,10H2,1-2H3,(H,25,28). The summed E-state index contributed by atoms with van der Waals surface area (Å²) in [5, 5.41) is 4.56. The van der Waals surface area contributed by atoms with Gasteiger partial charge in [-0.25, -0.2) is 4.98 Å². The number of fused-ring (bicyclic) bond motifs is 3. The number of thiazole rings is 1. The van der Waals surface area contributed by atoms with Gasteiger partial charge in [-0.3, -0.25) is 9.36 Å². The van der Waals surface area contributed by atoms with Crippen molar-refractivity contribution >= 4 is 38.5 Å². The highest BCUT2D eigenvalue weighted by Gasteiger charge is 2.30. The van der Waals surface area contributed by atoms with Crippen molar-refractivity contribution in [1.82, 2.24) is 14.9 Å². The fraction of sp³-hybridized carbons (Fsp3) is 0.238. The molecule has 0 spiro atoms. The van der Waals surface area contributed by atoms with Crippen LogP contribution in [0, 0.1) is 6.92 Å². The molecule has 0 saturated carbocycles. The molecule has 29 heavy (non-hydrogen) atoms. The van der Waals surface area contributed by atoms with Gasteiger partial charge in [0.05, 0.1) is 20.8 Å². The number of carbonyl (C=O) groups is 1. The number of aromatic nitrogens is 2. The molecule has 0 atom stereocenters. The third-order valence-corrected chi connectivity index (χ3v) is 5.65. The number of carbonyl (C=O) groups excluding carboxylic acids is 1. The summed E-state index contributed by atoms with van der Waals surface area (Å²) in [5.41, 5.74) is 1.91. The number of nitrogens with zero attached hydrogens (tertiary/aromatic N) is 2. The van der Waals surface area contributed by atoms with Crippen LogP contribution in [0.1, 0.15) is 34.3 Å². The minimum absolute atomic E-state index is 0.148. The monoisotopic (exact) mass is 417 g/mol. The van der Waals surface area contributed by atoms with Crippen LogP contribution in [0.2, 0.25) is 0 Å². The van der Waals surface area contributed by atoms with Crippen molar-refractivity contribution in [2.75, 3.05) is 6.54 Å². The first-order chi connectivity index (χ1) is 13.8.